The van der Waals surface area contributed by atoms with Crippen LogP contribution < -0.4 is 5.56 Å². The highest BCUT2D eigenvalue weighted by molar-refractivity contribution is 6.30. The lowest BCUT2D eigenvalue weighted by molar-refractivity contribution is 0.148. The normalized spacial score (nSPS) is 12.5. The number of aliphatic hydroxyl groups excluding tert-OH is 1. The van der Waals surface area contributed by atoms with Crippen LogP contribution in [-0.2, 0) is 6.54 Å². The zero-order valence-electron chi connectivity index (χ0n) is 11.0. The topological polar surface area (TPSA) is 68.0 Å². The van der Waals surface area contributed by atoms with E-state index in [1.807, 2.05) is 0 Å². The maximum absolute atomic E-state index is 12.3. The molecule has 106 valence electrons. The Bertz CT molecular complexity index is 847. The number of halogens is 1. The van der Waals surface area contributed by atoms with Crippen molar-refractivity contribution in [3.8, 4) is 0 Å². The molecule has 1 atom stereocenters. The molecule has 3 aromatic rings. The van der Waals surface area contributed by atoms with E-state index in [2.05, 4.69) is 10.3 Å². The molecule has 0 aliphatic heterocycles. The van der Waals surface area contributed by atoms with E-state index in [4.69, 9.17) is 11.6 Å². The summed E-state index contributed by atoms with van der Waals surface area (Å²) in [6.07, 6.45) is -0.878. The summed E-state index contributed by atoms with van der Waals surface area (Å²) >= 11 is 5.89. The zero-order valence-corrected chi connectivity index (χ0v) is 11.7. The van der Waals surface area contributed by atoms with Gasteiger partial charge in [-0.3, -0.25) is 4.79 Å². The fourth-order valence-corrected chi connectivity index (χ4v) is 2.32. The fourth-order valence-electron chi connectivity index (χ4n) is 2.13. The molecular formula is C15H12ClN3O2. The first-order valence-electron chi connectivity index (χ1n) is 6.41. The van der Waals surface area contributed by atoms with Gasteiger partial charge in [0.05, 0.1) is 18.0 Å². The Morgan fingerprint density at radius 3 is 2.81 bits per heavy atom. The SMILES string of the molecule is O=c1c2ccccc2nnn1CC(O)c1cccc(Cl)c1. The molecular weight excluding hydrogens is 290 g/mol. The van der Waals surface area contributed by atoms with E-state index in [-0.39, 0.29) is 12.1 Å². The van der Waals surface area contributed by atoms with Gasteiger partial charge in [0.1, 0.15) is 5.52 Å². The lowest BCUT2D eigenvalue weighted by atomic mass is 10.1. The molecule has 0 fully saturated rings. The Hall–Kier alpha value is -2.24. The van der Waals surface area contributed by atoms with Crippen LogP contribution in [0.2, 0.25) is 5.02 Å². The van der Waals surface area contributed by atoms with Crippen LogP contribution in [-0.4, -0.2) is 20.1 Å². The van der Waals surface area contributed by atoms with Gasteiger partial charge < -0.3 is 5.11 Å². The van der Waals surface area contributed by atoms with Gasteiger partial charge in [-0.15, -0.1) is 5.10 Å². The third kappa shape index (κ3) is 2.79. The molecule has 1 heterocycles. The predicted molar refractivity (Wildman–Crippen MR) is 80.2 cm³/mol. The number of rotatable bonds is 3. The van der Waals surface area contributed by atoms with Crippen molar-refractivity contribution in [2.24, 2.45) is 0 Å². The van der Waals surface area contributed by atoms with Crippen molar-refractivity contribution in [3.05, 3.63) is 69.5 Å². The predicted octanol–water partition coefficient (Wildman–Crippen LogP) is 2.18. The van der Waals surface area contributed by atoms with Crippen molar-refractivity contribution in [1.29, 1.82) is 0 Å². The van der Waals surface area contributed by atoms with Gasteiger partial charge in [0, 0.05) is 5.02 Å². The number of benzene rings is 2. The third-order valence-corrected chi connectivity index (χ3v) is 3.44. The average molecular weight is 302 g/mol. The maximum Gasteiger partial charge on any atom is 0.277 e. The van der Waals surface area contributed by atoms with Crippen LogP contribution in [0, 0.1) is 0 Å². The lowest BCUT2D eigenvalue weighted by Gasteiger charge is -2.12. The van der Waals surface area contributed by atoms with Crippen molar-refractivity contribution in [2.75, 3.05) is 0 Å². The first-order valence-corrected chi connectivity index (χ1v) is 6.79. The number of hydrogen-bond donors (Lipinski definition) is 1. The van der Waals surface area contributed by atoms with Gasteiger partial charge >= 0.3 is 0 Å². The molecule has 3 rings (SSSR count). The molecule has 0 amide bonds. The molecule has 0 aliphatic rings. The Kier molecular flexibility index (Phi) is 3.68. The highest BCUT2D eigenvalue weighted by Gasteiger charge is 2.12. The van der Waals surface area contributed by atoms with E-state index < -0.39 is 6.10 Å². The minimum atomic E-state index is -0.878. The maximum atomic E-state index is 12.3. The first kappa shape index (κ1) is 13.7. The highest BCUT2D eigenvalue weighted by Crippen LogP contribution is 2.18. The minimum Gasteiger partial charge on any atom is -0.386 e. The number of aromatic nitrogens is 3. The smallest absolute Gasteiger partial charge is 0.277 e. The summed E-state index contributed by atoms with van der Waals surface area (Å²) in [5.41, 5.74) is 0.891. The number of aliphatic hydroxyl groups is 1. The van der Waals surface area contributed by atoms with Crippen LogP contribution in [0.1, 0.15) is 11.7 Å². The highest BCUT2D eigenvalue weighted by atomic mass is 35.5. The van der Waals surface area contributed by atoms with E-state index >= 15 is 0 Å². The molecule has 1 N–H and O–H groups in total. The molecule has 2 aromatic carbocycles. The number of fused-ring (bicyclic) bond motifs is 1. The van der Waals surface area contributed by atoms with E-state index in [0.29, 0.717) is 21.5 Å². The summed E-state index contributed by atoms with van der Waals surface area (Å²) in [7, 11) is 0. The van der Waals surface area contributed by atoms with Crippen molar-refractivity contribution in [1.82, 2.24) is 15.0 Å². The van der Waals surface area contributed by atoms with Crippen molar-refractivity contribution >= 4 is 22.5 Å². The van der Waals surface area contributed by atoms with Gasteiger partial charge in [-0.25, -0.2) is 4.68 Å². The summed E-state index contributed by atoms with van der Waals surface area (Å²) in [6.45, 7) is 0.0248. The summed E-state index contributed by atoms with van der Waals surface area (Å²) in [4.78, 5) is 12.3. The van der Waals surface area contributed by atoms with Crippen molar-refractivity contribution in [3.63, 3.8) is 0 Å². The second-order valence-electron chi connectivity index (χ2n) is 4.66. The molecule has 5 nitrogen and oxygen atoms in total. The second kappa shape index (κ2) is 5.63. The van der Waals surface area contributed by atoms with E-state index in [1.165, 1.54) is 0 Å². The van der Waals surface area contributed by atoms with Crippen molar-refractivity contribution < 1.29 is 5.11 Å². The Labute approximate surface area is 125 Å². The standard InChI is InChI=1S/C15H12ClN3O2/c16-11-5-3-4-10(8-11)14(20)9-19-15(21)12-6-1-2-7-13(12)17-18-19/h1-8,14,20H,9H2. The third-order valence-electron chi connectivity index (χ3n) is 3.21. The van der Waals surface area contributed by atoms with Gasteiger partial charge in [0.25, 0.3) is 5.56 Å². The average Bonchev–Trinajstić information content (AvgIpc) is 2.50. The zero-order chi connectivity index (χ0) is 14.8. The van der Waals surface area contributed by atoms with Crippen LogP contribution in [0.25, 0.3) is 10.9 Å². The molecule has 0 saturated carbocycles. The first-order chi connectivity index (χ1) is 10.1. The summed E-state index contributed by atoms with van der Waals surface area (Å²) in [6, 6.07) is 13.8. The number of hydrogen-bond acceptors (Lipinski definition) is 4. The molecule has 21 heavy (non-hydrogen) atoms. The monoisotopic (exact) mass is 301 g/mol. The van der Waals surface area contributed by atoms with E-state index in [1.54, 1.807) is 48.5 Å². The van der Waals surface area contributed by atoms with Crippen LogP contribution in [0.5, 0.6) is 0 Å². The fraction of sp³-hybridized carbons (Fsp3) is 0.133. The molecule has 0 aliphatic carbocycles. The Balaban J connectivity index is 1.95. The second-order valence-corrected chi connectivity index (χ2v) is 5.10. The largest absolute Gasteiger partial charge is 0.386 e. The van der Waals surface area contributed by atoms with Crippen LogP contribution in [0.3, 0.4) is 0 Å². The number of nitrogens with zero attached hydrogens (tertiary/aromatic N) is 3. The summed E-state index contributed by atoms with van der Waals surface area (Å²) in [5.74, 6) is 0. The minimum absolute atomic E-state index is 0.0248. The Morgan fingerprint density at radius 2 is 2.00 bits per heavy atom. The lowest BCUT2D eigenvalue weighted by Crippen LogP contribution is -2.27. The Morgan fingerprint density at radius 1 is 1.19 bits per heavy atom. The van der Waals surface area contributed by atoms with Gasteiger partial charge in [0.2, 0.25) is 0 Å². The van der Waals surface area contributed by atoms with Gasteiger partial charge in [-0.05, 0) is 29.8 Å². The molecule has 0 spiro atoms. The van der Waals surface area contributed by atoms with Crippen LogP contribution in [0.4, 0.5) is 0 Å². The van der Waals surface area contributed by atoms with Crippen molar-refractivity contribution in [2.45, 2.75) is 12.6 Å². The summed E-state index contributed by atoms with van der Waals surface area (Å²) in [5, 5.41) is 19.1. The van der Waals surface area contributed by atoms with E-state index in [0.717, 1.165) is 4.68 Å². The molecule has 0 saturated heterocycles. The molecule has 1 aromatic heterocycles. The van der Waals surface area contributed by atoms with E-state index in [9.17, 15) is 9.90 Å². The summed E-state index contributed by atoms with van der Waals surface area (Å²) < 4.78 is 1.16. The van der Waals surface area contributed by atoms with Crippen LogP contribution in [0.15, 0.2) is 53.3 Å². The van der Waals surface area contributed by atoms with Gasteiger partial charge in [-0.1, -0.05) is 41.1 Å². The van der Waals surface area contributed by atoms with Gasteiger partial charge in [-0.2, -0.15) is 0 Å². The molecule has 6 heteroatoms. The molecule has 0 radical (unpaired) electrons. The molecule has 0 bridgehead atoms. The quantitative estimate of drug-likeness (QED) is 0.805. The van der Waals surface area contributed by atoms with Gasteiger partial charge in [0.15, 0.2) is 0 Å². The molecule has 1 unspecified atom stereocenters. The van der Waals surface area contributed by atoms with Crippen LogP contribution >= 0.6 is 11.6 Å².